The number of ether oxygens (including phenoxy) is 3. The Hall–Kier alpha value is -3.58. The van der Waals surface area contributed by atoms with Gasteiger partial charge in [-0.1, -0.05) is 18.2 Å². The summed E-state index contributed by atoms with van der Waals surface area (Å²) in [5.41, 5.74) is 2.69. The lowest BCUT2D eigenvalue weighted by molar-refractivity contribution is 0.0591. The summed E-state index contributed by atoms with van der Waals surface area (Å²) in [4.78, 5) is 33.3. The van der Waals surface area contributed by atoms with Crippen molar-refractivity contribution in [3.05, 3.63) is 53.7 Å². The normalized spacial score (nSPS) is 12.5. The second kappa shape index (κ2) is 7.03. The van der Waals surface area contributed by atoms with Gasteiger partial charge >= 0.3 is 5.97 Å². The maximum atomic E-state index is 12.8. The molecule has 0 amide bonds. The first-order valence-corrected chi connectivity index (χ1v) is 9.67. The molecule has 30 heavy (non-hydrogen) atoms. The van der Waals surface area contributed by atoms with Gasteiger partial charge in [-0.3, -0.25) is 4.79 Å². The number of esters is 1. The number of hydrogen-bond acceptors (Lipinski definition) is 6. The molecule has 0 spiro atoms. The van der Waals surface area contributed by atoms with Crippen LogP contribution in [0.25, 0.3) is 33.1 Å². The molecule has 0 fully saturated rings. The highest BCUT2D eigenvalue weighted by molar-refractivity contribution is 6.34. The number of aromatic amines is 1. The van der Waals surface area contributed by atoms with E-state index in [4.69, 9.17) is 25.8 Å². The lowest BCUT2D eigenvalue weighted by Crippen LogP contribution is -2.15. The van der Waals surface area contributed by atoms with Gasteiger partial charge < -0.3 is 19.2 Å². The van der Waals surface area contributed by atoms with E-state index in [9.17, 15) is 9.59 Å². The van der Waals surface area contributed by atoms with Crippen LogP contribution in [0.3, 0.4) is 0 Å². The Morgan fingerprint density at radius 3 is 2.77 bits per heavy atom. The third kappa shape index (κ3) is 2.70. The molecule has 2 aromatic heterocycles. The van der Waals surface area contributed by atoms with Gasteiger partial charge in [-0.05, 0) is 24.3 Å². The van der Waals surface area contributed by atoms with E-state index in [1.807, 2.05) is 30.3 Å². The molecule has 150 valence electrons. The van der Waals surface area contributed by atoms with E-state index in [1.54, 1.807) is 12.1 Å². The summed E-state index contributed by atoms with van der Waals surface area (Å²) in [6, 6.07) is 12.9. The van der Waals surface area contributed by atoms with E-state index < -0.39 is 11.8 Å². The predicted molar refractivity (Wildman–Crippen MR) is 112 cm³/mol. The number of carbonyl (C=O) groups is 2. The zero-order chi connectivity index (χ0) is 20.8. The SMILES string of the molecule is COC(=O)c1nc(-c2ccc3c(c2)OCO3)c2[nH]c3ccccc3c2c1C(=O)CCl. The summed E-state index contributed by atoms with van der Waals surface area (Å²) in [5, 5.41) is 1.37. The van der Waals surface area contributed by atoms with Gasteiger partial charge in [0.15, 0.2) is 23.0 Å². The summed E-state index contributed by atoms with van der Waals surface area (Å²) in [7, 11) is 1.25. The molecule has 0 bridgehead atoms. The molecule has 0 radical (unpaired) electrons. The van der Waals surface area contributed by atoms with E-state index in [-0.39, 0.29) is 23.9 Å². The Balaban J connectivity index is 1.92. The number of rotatable bonds is 4. The van der Waals surface area contributed by atoms with Gasteiger partial charge in [0.25, 0.3) is 0 Å². The number of H-pyrrole nitrogens is 1. The molecule has 0 saturated carbocycles. The largest absolute Gasteiger partial charge is 0.464 e. The second-order valence-corrected chi connectivity index (χ2v) is 6.99. The lowest BCUT2D eigenvalue weighted by atomic mass is 9.98. The Bertz CT molecular complexity index is 1340. The molecule has 1 aliphatic heterocycles. The van der Waals surface area contributed by atoms with Crippen LogP contribution in [0.15, 0.2) is 42.5 Å². The first-order chi connectivity index (χ1) is 14.6. The van der Waals surface area contributed by atoms with Crippen LogP contribution in [0.1, 0.15) is 20.8 Å². The molecule has 0 saturated heterocycles. The van der Waals surface area contributed by atoms with E-state index >= 15 is 0 Å². The molecule has 0 atom stereocenters. The minimum Gasteiger partial charge on any atom is -0.464 e. The van der Waals surface area contributed by atoms with Gasteiger partial charge in [-0.25, -0.2) is 9.78 Å². The van der Waals surface area contributed by atoms with Crippen LogP contribution in [0.4, 0.5) is 0 Å². The number of benzene rings is 2. The molecule has 3 heterocycles. The number of nitrogens with zero attached hydrogens (tertiary/aromatic N) is 1. The number of carbonyl (C=O) groups excluding carboxylic acids is 2. The van der Waals surface area contributed by atoms with Gasteiger partial charge in [0, 0.05) is 21.9 Å². The number of nitrogens with one attached hydrogen (secondary N) is 1. The number of Topliss-reactive ketones (excluding diaryl/α,β-unsaturated/α-hetero) is 1. The molecule has 2 aromatic carbocycles. The van der Waals surface area contributed by atoms with E-state index in [0.717, 1.165) is 10.9 Å². The first kappa shape index (κ1) is 18.4. The lowest BCUT2D eigenvalue weighted by Gasteiger charge is -2.12. The quantitative estimate of drug-likeness (QED) is 0.299. The zero-order valence-corrected chi connectivity index (χ0v) is 16.6. The zero-order valence-electron chi connectivity index (χ0n) is 15.8. The van der Waals surface area contributed by atoms with Crippen LogP contribution in [-0.2, 0) is 4.74 Å². The number of hydrogen-bond donors (Lipinski definition) is 1. The van der Waals surface area contributed by atoms with Crippen LogP contribution in [0.5, 0.6) is 11.5 Å². The smallest absolute Gasteiger partial charge is 0.357 e. The maximum absolute atomic E-state index is 12.8. The predicted octanol–water partition coefficient (Wildman–Crippen LogP) is 4.32. The Morgan fingerprint density at radius 2 is 1.97 bits per heavy atom. The van der Waals surface area contributed by atoms with Crippen LogP contribution >= 0.6 is 11.6 Å². The van der Waals surface area contributed by atoms with E-state index in [1.165, 1.54) is 7.11 Å². The van der Waals surface area contributed by atoms with Crippen LogP contribution in [0, 0.1) is 0 Å². The average Bonchev–Trinajstić information content (AvgIpc) is 3.41. The van der Waals surface area contributed by atoms with Crippen LogP contribution in [-0.4, -0.2) is 41.5 Å². The summed E-state index contributed by atoms with van der Waals surface area (Å²) >= 11 is 5.88. The first-order valence-electron chi connectivity index (χ1n) is 9.14. The van der Waals surface area contributed by atoms with Gasteiger partial charge in [-0.2, -0.15) is 0 Å². The fourth-order valence-electron chi connectivity index (χ4n) is 3.76. The number of aromatic nitrogens is 2. The van der Waals surface area contributed by atoms with Crippen molar-refractivity contribution in [1.29, 1.82) is 0 Å². The van der Waals surface area contributed by atoms with Crippen molar-refractivity contribution in [3.63, 3.8) is 0 Å². The maximum Gasteiger partial charge on any atom is 0.357 e. The van der Waals surface area contributed by atoms with Crippen molar-refractivity contribution < 1.29 is 23.8 Å². The number of para-hydroxylation sites is 1. The highest BCUT2D eigenvalue weighted by Crippen LogP contribution is 2.40. The van der Waals surface area contributed by atoms with Crippen LogP contribution < -0.4 is 9.47 Å². The van der Waals surface area contributed by atoms with Crippen molar-refractivity contribution in [1.82, 2.24) is 9.97 Å². The molecule has 5 rings (SSSR count). The monoisotopic (exact) mass is 422 g/mol. The minimum absolute atomic E-state index is 0.0759. The Labute approximate surface area is 175 Å². The average molecular weight is 423 g/mol. The van der Waals surface area contributed by atoms with Gasteiger partial charge in [0.1, 0.15) is 0 Å². The third-order valence-electron chi connectivity index (χ3n) is 5.08. The van der Waals surface area contributed by atoms with Crippen molar-refractivity contribution in [2.45, 2.75) is 0 Å². The van der Waals surface area contributed by atoms with Crippen LogP contribution in [0.2, 0.25) is 0 Å². The minimum atomic E-state index is -0.711. The second-order valence-electron chi connectivity index (χ2n) is 6.72. The number of pyridine rings is 1. The van der Waals surface area contributed by atoms with Crippen molar-refractivity contribution in [2.24, 2.45) is 0 Å². The molecule has 1 N–H and O–H groups in total. The van der Waals surface area contributed by atoms with Gasteiger partial charge in [0.2, 0.25) is 6.79 Å². The number of fused-ring (bicyclic) bond motifs is 4. The Kier molecular flexibility index (Phi) is 4.33. The molecule has 4 aromatic rings. The summed E-state index contributed by atoms with van der Waals surface area (Å²) in [6.07, 6.45) is 0. The van der Waals surface area contributed by atoms with Crippen molar-refractivity contribution in [3.8, 4) is 22.8 Å². The topological polar surface area (TPSA) is 90.5 Å². The molecule has 0 unspecified atom stereocenters. The highest BCUT2D eigenvalue weighted by atomic mass is 35.5. The van der Waals surface area contributed by atoms with Crippen molar-refractivity contribution >= 4 is 45.2 Å². The van der Waals surface area contributed by atoms with Gasteiger partial charge in [-0.15, -0.1) is 11.6 Å². The number of alkyl halides is 1. The van der Waals surface area contributed by atoms with E-state index in [2.05, 4.69) is 9.97 Å². The number of halogens is 1. The fraction of sp³-hybridized carbons (Fsp3) is 0.136. The molecule has 1 aliphatic rings. The Morgan fingerprint density at radius 1 is 1.17 bits per heavy atom. The third-order valence-corrected chi connectivity index (χ3v) is 5.32. The van der Waals surface area contributed by atoms with E-state index in [0.29, 0.717) is 33.7 Å². The molecular weight excluding hydrogens is 408 g/mol. The molecule has 0 aliphatic carbocycles. The van der Waals surface area contributed by atoms with Crippen molar-refractivity contribution in [2.75, 3.05) is 19.8 Å². The number of ketones is 1. The highest BCUT2D eigenvalue weighted by Gasteiger charge is 2.28. The standard InChI is InChI=1S/C22H15ClN2O5/c1-28-22(27)21-18(14(26)9-23)17-12-4-2-3-5-13(12)24-20(17)19(25-21)11-6-7-15-16(8-11)30-10-29-15/h2-8,24H,9-10H2,1H3. The molecule has 8 heteroatoms. The summed E-state index contributed by atoms with van der Waals surface area (Å²) in [5.74, 6) is -0.189. The summed E-state index contributed by atoms with van der Waals surface area (Å²) in [6.45, 7) is 0.143. The molecular formula is C22H15ClN2O5. The number of methoxy groups -OCH3 is 1. The molecule has 7 nitrogen and oxygen atoms in total. The fourth-order valence-corrected chi connectivity index (χ4v) is 3.89. The van der Waals surface area contributed by atoms with Gasteiger partial charge in [0.05, 0.1) is 29.8 Å². The summed E-state index contributed by atoms with van der Waals surface area (Å²) < 4.78 is 15.8.